The van der Waals surface area contributed by atoms with Crippen LogP contribution in [0.25, 0.3) is 0 Å². The Labute approximate surface area is 158 Å². The van der Waals surface area contributed by atoms with E-state index in [-0.39, 0.29) is 18.9 Å². The Morgan fingerprint density at radius 3 is 1.88 bits per heavy atom. The van der Waals surface area contributed by atoms with Crippen molar-refractivity contribution in [2.45, 2.75) is 27.2 Å². The number of carbonyl (C=O) groups excluding carboxylic acids is 1. The SMILES string of the molecule is CN1CCN(C)CCN(CCCN(CC(=O)O)CC(=O)C(C)(C)C)CC1. The fourth-order valence-electron chi connectivity index (χ4n) is 2.89. The first-order chi connectivity index (χ1) is 12.1. The monoisotopic (exact) mass is 370 g/mol. The van der Waals surface area contributed by atoms with E-state index in [1.165, 1.54) is 0 Å². The Bertz CT molecular complexity index is 437. The molecule has 0 atom stereocenters. The van der Waals surface area contributed by atoms with Crippen molar-refractivity contribution in [3.05, 3.63) is 0 Å². The highest BCUT2D eigenvalue weighted by Crippen LogP contribution is 2.15. The summed E-state index contributed by atoms with van der Waals surface area (Å²) in [7, 11) is 4.31. The second-order valence-electron chi connectivity index (χ2n) is 8.58. The van der Waals surface area contributed by atoms with Crippen LogP contribution in [0.5, 0.6) is 0 Å². The van der Waals surface area contributed by atoms with Gasteiger partial charge in [0, 0.05) is 51.2 Å². The van der Waals surface area contributed by atoms with E-state index >= 15 is 0 Å². The topological polar surface area (TPSA) is 67.3 Å². The number of carboxylic acid groups (broad SMARTS) is 1. The number of hydrogen-bond acceptors (Lipinski definition) is 6. The van der Waals surface area contributed by atoms with Crippen molar-refractivity contribution in [2.24, 2.45) is 5.41 Å². The Morgan fingerprint density at radius 2 is 1.42 bits per heavy atom. The lowest BCUT2D eigenvalue weighted by Crippen LogP contribution is -2.41. The molecule has 0 radical (unpaired) electrons. The fourth-order valence-corrected chi connectivity index (χ4v) is 2.89. The summed E-state index contributed by atoms with van der Waals surface area (Å²) in [6.07, 6.45) is 0.873. The predicted octanol–water partition coefficient (Wildman–Crippen LogP) is 0.558. The van der Waals surface area contributed by atoms with Crippen molar-refractivity contribution >= 4 is 11.8 Å². The summed E-state index contributed by atoms with van der Waals surface area (Å²) in [5, 5.41) is 9.13. The van der Waals surface area contributed by atoms with Crippen LogP contribution < -0.4 is 0 Å². The highest BCUT2D eigenvalue weighted by molar-refractivity contribution is 5.85. The number of carbonyl (C=O) groups is 2. The molecule has 7 nitrogen and oxygen atoms in total. The van der Waals surface area contributed by atoms with Gasteiger partial charge in [-0.1, -0.05) is 20.8 Å². The van der Waals surface area contributed by atoms with Crippen molar-refractivity contribution in [3.63, 3.8) is 0 Å². The molecule has 1 saturated heterocycles. The number of carboxylic acids is 1. The lowest BCUT2D eigenvalue weighted by molar-refractivity contribution is -0.139. The average molecular weight is 371 g/mol. The number of aliphatic carboxylic acids is 1. The van der Waals surface area contributed by atoms with Gasteiger partial charge < -0.3 is 19.8 Å². The molecule has 0 aliphatic carbocycles. The number of ketones is 1. The molecule has 1 heterocycles. The summed E-state index contributed by atoms with van der Waals surface area (Å²) in [5.41, 5.74) is -0.437. The van der Waals surface area contributed by atoms with Gasteiger partial charge in [0.1, 0.15) is 0 Å². The van der Waals surface area contributed by atoms with Crippen molar-refractivity contribution in [3.8, 4) is 0 Å². The molecular formula is C19H38N4O3. The van der Waals surface area contributed by atoms with E-state index in [2.05, 4.69) is 28.8 Å². The van der Waals surface area contributed by atoms with Crippen molar-refractivity contribution in [1.29, 1.82) is 0 Å². The molecule has 1 fully saturated rings. The molecule has 0 aromatic rings. The van der Waals surface area contributed by atoms with E-state index in [1.807, 2.05) is 20.8 Å². The minimum atomic E-state index is -0.877. The number of rotatable bonds is 8. The zero-order valence-corrected chi connectivity index (χ0v) is 17.3. The molecule has 0 bridgehead atoms. The molecule has 1 N–H and O–H groups in total. The summed E-state index contributed by atoms with van der Waals surface area (Å²) in [4.78, 5) is 32.3. The Morgan fingerprint density at radius 1 is 0.923 bits per heavy atom. The third-order valence-corrected chi connectivity index (χ3v) is 4.97. The zero-order valence-electron chi connectivity index (χ0n) is 17.3. The van der Waals surface area contributed by atoms with Crippen LogP contribution in [0, 0.1) is 5.41 Å². The average Bonchev–Trinajstić information content (AvgIpc) is 2.59. The maximum Gasteiger partial charge on any atom is 0.317 e. The lowest BCUT2D eigenvalue weighted by Gasteiger charge is -2.27. The van der Waals surface area contributed by atoms with Crippen LogP contribution in [0.15, 0.2) is 0 Å². The van der Waals surface area contributed by atoms with Crippen LogP contribution >= 0.6 is 0 Å². The second kappa shape index (κ2) is 11.0. The highest BCUT2D eigenvalue weighted by atomic mass is 16.4. The van der Waals surface area contributed by atoms with Crippen LogP contribution in [0.3, 0.4) is 0 Å². The number of likely N-dealkylation sites (N-methyl/N-ethyl adjacent to an activating group) is 2. The summed E-state index contributed by atoms with van der Waals surface area (Å²) in [6.45, 7) is 13.7. The number of hydrogen-bond donors (Lipinski definition) is 1. The van der Waals surface area contributed by atoms with Gasteiger partial charge in [-0.2, -0.15) is 0 Å². The number of Topliss-reactive ketones (excluding diaryl/α,β-unsaturated/α-hetero) is 1. The van der Waals surface area contributed by atoms with Crippen LogP contribution in [-0.2, 0) is 9.59 Å². The minimum Gasteiger partial charge on any atom is -0.480 e. The van der Waals surface area contributed by atoms with Crippen LogP contribution in [-0.4, -0.2) is 116 Å². The molecule has 152 valence electrons. The standard InChI is InChI=1S/C19H38N4O3/c1-19(2,3)17(24)15-23(16-18(25)26)8-6-7-22-13-11-20(4)9-10-21(5)12-14-22/h6-16H2,1-5H3,(H,25,26). The third kappa shape index (κ3) is 9.62. The minimum absolute atomic E-state index is 0.0761. The quantitative estimate of drug-likeness (QED) is 0.669. The molecule has 26 heavy (non-hydrogen) atoms. The lowest BCUT2D eigenvalue weighted by atomic mass is 9.90. The van der Waals surface area contributed by atoms with E-state index < -0.39 is 11.4 Å². The molecule has 1 aliphatic heterocycles. The largest absolute Gasteiger partial charge is 0.480 e. The van der Waals surface area contributed by atoms with Gasteiger partial charge in [-0.05, 0) is 27.1 Å². The molecule has 0 aromatic heterocycles. The van der Waals surface area contributed by atoms with Gasteiger partial charge in [0.15, 0.2) is 5.78 Å². The molecule has 1 rings (SSSR count). The van der Waals surface area contributed by atoms with Gasteiger partial charge in [0.25, 0.3) is 0 Å². The maximum atomic E-state index is 12.3. The van der Waals surface area contributed by atoms with Gasteiger partial charge in [-0.15, -0.1) is 0 Å². The Hall–Kier alpha value is -1.02. The van der Waals surface area contributed by atoms with Gasteiger partial charge in [-0.3, -0.25) is 14.5 Å². The Kier molecular flexibility index (Phi) is 9.71. The molecule has 0 amide bonds. The van der Waals surface area contributed by atoms with Crippen LogP contribution in [0.1, 0.15) is 27.2 Å². The van der Waals surface area contributed by atoms with E-state index in [1.54, 1.807) is 4.90 Å². The van der Waals surface area contributed by atoms with E-state index in [4.69, 9.17) is 5.11 Å². The van der Waals surface area contributed by atoms with Crippen LogP contribution in [0.2, 0.25) is 0 Å². The second-order valence-corrected chi connectivity index (χ2v) is 8.58. The van der Waals surface area contributed by atoms with Gasteiger partial charge >= 0.3 is 5.97 Å². The van der Waals surface area contributed by atoms with E-state index in [0.717, 1.165) is 52.2 Å². The van der Waals surface area contributed by atoms with Crippen molar-refractivity contribution in [2.75, 3.05) is 79.5 Å². The molecule has 0 aromatic carbocycles. The smallest absolute Gasteiger partial charge is 0.317 e. The van der Waals surface area contributed by atoms with Crippen LogP contribution in [0.4, 0.5) is 0 Å². The fraction of sp³-hybridized carbons (Fsp3) is 0.895. The van der Waals surface area contributed by atoms with E-state index in [9.17, 15) is 9.59 Å². The first kappa shape index (κ1) is 23.0. The van der Waals surface area contributed by atoms with Gasteiger partial charge in [0.05, 0.1) is 13.1 Å². The maximum absolute atomic E-state index is 12.3. The third-order valence-electron chi connectivity index (χ3n) is 4.97. The predicted molar refractivity (Wildman–Crippen MR) is 105 cm³/mol. The molecular weight excluding hydrogens is 332 g/mol. The highest BCUT2D eigenvalue weighted by Gasteiger charge is 2.24. The zero-order chi connectivity index (χ0) is 19.7. The first-order valence-corrected chi connectivity index (χ1v) is 9.65. The van der Waals surface area contributed by atoms with E-state index in [0.29, 0.717) is 6.54 Å². The molecule has 0 spiro atoms. The van der Waals surface area contributed by atoms with Gasteiger partial charge in [0.2, 0.25) is 0 Å². The molecule has 0 unspecified atom stereocenters. The first-order valence-electron chi connectivity index (χ1n) is 9.65. The molecule has 7 heteroatoms. The Balaban J connectivity index is 2.50. The summed E-state index contributed by atoms with van der Waals surface area (Å²) in [6, 6.07) is 0. The normalized spacial score (nSPS) is 19.2. The molecule has 0 saturated carbocycles. The summed E-state index contributed by atoms with van der Waals surface area (Å²) in [5.74, 6) is -0.789. The van der Waals surface area contributed by atoms with Crippen molar-refractivity contribution < 1.29 is 14.7 Å². The van der Waals surface area contributed by atoms with Gasteiger partial charge in [-0.25, -0.2) is 0 Å². The van der Waals surface area contributed by atoms with Crippen molar-refractivity contribution in [1.82, 2.24) is 19.6 Å². The summed E-state index contributed by atoms with van der Waals surface area (Å²) < 4.78 is 0. The summed E-state index contributed by atoms with van der Waals surface area (Å²) >= 11 is 0. The molecule has 1 aliphatic rings. The number of nitrogens with zero attached hydrogens (tertiary/aromatic N) is 4.